The highest BCUT2D eigenvalue weighted by molar-refractivity contribution is 5.97. The van der Waals surface area contributed by atoms with Crippen LogP contribution in [0.5, 0.6) is 0 Å². The van der Waals surface area contributed by atoms with E-state index in [1.165, 1.54) is 0 Å². The number of hydrogen-bond donors (Lipinski definition) is 3. The molecule has 51 heavy (non-hydrogen) atoms. The topological polar surface area (TPSA) is 153 Å². The number of pyridine rings is 2. The fraction of sp³-hybridized carbons (Fsp3) is 0.256. The van der Waals surface area contributed by atoms with Crippen molar-refractivity contribution in [3.8, 4) is 22.5 Å². The van der Waals surface area contributed by atoms with Gasteiger partial charge in [-0.1, -0.05) is 24.3 Å². The minimum absolute atomic E-state index is 0.0714. The maximum absolute atomic E-state index is 13.0. The van der Waals surface area contributed by atoms with Crippen molar-refractivity contribution in [2.24, 2.45) is 0 Å². The normalized spacial score (nSPS) is 16.9. The smallest absolute Gasteiger partial charge is 0.254 e. The lowest BCUT2D eigenvalue weighted by atomic mass is 10.1. The van der Waals surface area contributed by atoms with Crippen molar-refractivity contribution >= 4 is 35.0 Å². The molecule has 2 aliphatic rings. The summed E-state index contributed by atoms with van der Waals surface area (Å²) < 4.78 is 0. The van der Waals surface area contributed by atoms with Crippen molar-refractivity contribution in [1.29, 1.82) is 0 Å². The predicted molar refractivity (Wildman–Crippen MR) is 193 cm³/mol. The summed E-state index contributed by atoms with van der Waals surface area (Å²) in [7, 11) is 0. The summed E-state index contributed by atoms with van der Waals surface area (Å²) in [6.45, 7) is 1.27. The van der Waals surface area contributed by atoms with Crippen LogP contribution in [0.15, 0.2) is 104 Å². The van der Waals surface area contributed by atoms with Gasteiger partial charge in [-0.25, -0.2) is 0 Å². The first-order valence-corrected chi connectivity index (χ1v) is 17.2. The molecule has 12 heteroatoms. The largest absolute Gasteiger partial charge is 0.335 e. The Kier molecular flexibility index (Phi) is 9.91. The minimum atomic E-state index is -0.143. The fourth-order valence-corrected chi connectivity index (χ4v) is 6.88. The number of benzene rings is 2. The zero-order valence-corrected chi connectivity index (χ0v) is 28.0. The SMILES string of the molecule is O=C(C[C@@H]1CCCN1C(=O)c1ccncc1)Nc1ccc(-c2cc(-c3ccc(NC(=O)C[C@@H]4CCCN4C(=O)c4ccncc4)cc3)[nH]n2)cc1. The van der Waals surface area contributed by atoms with Crippen molar-refractivity contribution in [2.75, 3.05) is 23.7 Å². The van der Waals surface area contributed by atoms with E-state index in [1.54, 1.807) is 58.9 Å². The molecule has 0 spiro atoms. The maximum Gasteiger partial charge on any atom is 0.254 e. The molecule has 2 aliphatic heterocycles. The number of nitrogens with one attached hydrogen (secondary N) is 3. The van der Waals surface area contributed by atoms with E-state index in [0.717, 1.165) is 48.2 Å². The summed E-state index contributed by atoms with van der Waals surface area (Å²) in [6, 6.07) is 23.5. The van der Waals surface area contributed by atoms with Crippen LogP contribution in [0.4, 0.5) is 11.4 Å². The van der Waals surface area contributed by atoms with E-state index in [2.05, 4.69) is 30.8 Å². The third-order valence-electron chi connectivity index (χ3n) is 9.49. The lowest BCUT2D eigenvalue weighted by molar-refractivity contribution is -0.117. The molecule has 0 unspecified atom stereocenters. The van der Waals surface area contributed by atoms with Gasteiger partial charge in [0.25, 0.3) is 11.8 Å². The maximum atomic E-state index is 13.0. The number of carbonyl (C=O) groups excluding carboxylic acids is 4. The number of carbonyl (C=O) groups is 4. The van der Waals surface area contributed by atoms with Crippen LogP contribution in [0.3, 0.4) is 0 Å². The highest BCUT2D eigenvalue weighted by atomic mass is 16.2. The van der Waals surface area contributed by atoms with Gasteiger partial charge in [-0.2, -0.15) is 5.10 Å². The second-order valence-corrected chi connectivity index (χ2v) is 12.9. The van der Waals surface area contributed by atoms with E-state index in [0.29, 0.717) is 35.6 Å². The Morgan fingerprint density at radius 1 is 0.627 bits per heavy atom. The van der Waals surface area contributed by atoms with E-state index in [1.807, 2.05) is 54.6 Å². The van der Waals surface area contributed by atoms with Gasteiger partial charge < -0.3 is 20.4 Å². The van der Waals surface area contributed by atoms with Crippen LogP contribution in [0.25, 0.3) is 22.5 Å². The molecule has 5 aromatic rings. The number of amides is 4. The molecule has 3 N–H and O–H groups in total. The number of likely N-dealkylation sites (tertiary alicyclic amines) is 2. The fourth-order valence-electron chi connectivity index (χ4n) is 6.88. The Balaban J connectivity index is 0.906. The molecule has 0 radical (unpaired) electrons. The first-order chi connectivity index (χ1) is 24.9. The Hall–Kier alpha value is -6.17. The van der Waals surface area contributed by atoms with Crippen molar-refractivity contribution in [3.05, 3.63) is 115 Å². The van der Waals surface area contributed by atoms with Gasteiger partial charge in [0.1, 0.15) is 0 Å². The van der Waals surface area contributed by atoms with Gasteiger partial charge in [0.15, 0.2) is 0 Å². The van der Waals surface area contributed by atoms with Gasteiger partial charge in [0.2, 0.25) is 11.8 Å². The van der Waals surface area contributed by atoms with Crippen LogP contribution >= 0.6 is 0 Å². The van der Waals surface area contributed by atoms with Crippen molar-refractivity contribution in [3.63, 3.8) is 0 Å². The zero-order chi connectivity index (χ0) is 35.2. The molecule has 2 aromatic carbocycles. The third kappa shape index (κ3) is 7.85. The predicted octanol–water partition coefficient (Wildman–Crippen LogP) is 5.80. The Labute approximate surface area is 295 Å². The first-order valence-electron chi connectivity index (χ1n) is 17.2. The average molecular weight is 683 g/mol. The van der Waals surface area contributed by atoms with Gasteiger partial charge in [-0.15, -0.1) is 0 Å². The van der Waals surface area contributed by atoms with E-state index in [-0.39, 0.29) is 48.6 Å². The number of hydrogen-bond acceptors (Lipinski definition) is 7. The van der Waals surface area contributed by atoms with Crippen LogP contribution in [0, 0.1) is 0 Å². The van der Waals surface area contributed by atoms with E-state index in [9.17, 15) is 19.2 Å². The second kappa shape index (κ2) is 15.2. The minimum Gasteiger partial charge on any atom is -0.335 e. The standard InChI is InChI=1S/C39H38N8O4/c48-36(23-32-3-1-21-46(32)38(50)28-13-17-40-18-14-28)42-30-9-5-26(6-10-30)34-25-35(45-44-34)27-7-11-31(12-8-27)43-37(49)24-33-4-2-22-47(33)39(51)29-15-19-41-20-16-29/h5-20,25,32-33H,1-4,21-24H2,(H,42,48)(H,43,49)(H,44,45)/t32-,33-/m0/s1. The number of anilines is 2. The summed E-state index contributed by atoms with van der Waals surface area (Å²) in [5.74, 6) is -0.418. The molecule has 0 saturated carbocycles. The highest BCUT2D eigenvalue weighted by Crippen LogP contribution is 2.28. The van der Waals surface area contributed by atoms with E-state index in [4.69, 9.17) is 0 Å². The summed E-state index contributed by atoms with van der Waals surface area (Å²) in [5, 5.41) is 13.5. The van der Waals surface area contributed by atoms with E-state index >= 15 is 0 Å². The molecule has 2 saturated heterocycles. The number of aromatic amines is 1. The Morgan fingerprint density at radius 2 is 1.08 bits per heavy atom. The molecule has 5 heterocycles. The summed E-state index contributed by atoms with van der Waals surface area (Å²) in [6.07, 6.45) is 10.2. The molecule has 12 nitrogen and oxygen atoms in total. The molecule has 258 valence electrons. The molecule has 2 atom stereocenters. The first kappa shape index (κ1) is 33.3. The average Bonchev–Trinajstić information content (AvgIpc) is 3.95. The van der Waals surface area contributed by atoms with Crippen molar-refractivity contribution < 1.29 is 19.2 Å². The van der Waals surface area contributed by atoms with Crippen LogP contribution in [0.2, 0.25) is 0 Å². The van der Waals surface area contributed by atoms with Crippen LogP contribution in [-0.4, -0.2) is 78.8 Å². The quantitative estimate of drug-likeness (QED) is 0.168. The van der Waals surface area contributed by atoms with Crippen LogP contribution in [0.1, 0.15) is 59.2 Å². The molecule has 3 aromatic heterocycles. The van der Waals surface area contributed by atoms with Crippen molar-refractivity contribution in [1.82, 2.24) is 30.0 Å². The second-order valence-electron chi connectivity index (χ2n) is 12.9. The van der Waals surface area contributed by atoms with Gasteiger partial charge in [0.05, 0.1) is 11.4 Å². The van der Waals surface area contributed by atoms with Gasteiger partial charge in [0, 0.05) is 90.9 Å². The summed E-state index contributed by atoms with van der Waals surface area (Å²) in [4.78, 5) is 63.3. The van der Waals surface area contributed by atoms with Gasteiger partial charge in [-0.3, -0.25) is 34.2 Å². The molecule has 7 rings (SSSR count). The lowest BCUT2D eigenvalue weighted by Crippen LogP contribution is -2.37. The molecular weight excluding hydrogens is 644 g/mol. The molecular formula is C39H38N8O4. The summed E-state index contributed by atoms with van der Waals surface area (Å²) in [5.41, 5.74) is 5.86. The Morgan fingerprint density at radius 3 is 1.55 bits per heavy atom. The summed E-state index contributed by atoms with van der Waals surface area (Å²) >= 11 is 0. The van der Waals surface area contributed by atoms with Crippen LogP contribution < -0.4 is 10.6 Å². The Bertz CT molecular complexity index is 1860. The van der Waals surface area contributed by atoms with Gasteiger partial charge >= 0.3 is 0 Å². The monoisotopic (exact) mass is 682 g/mol. The third-order valence-corrected chi connectivity index (χ3v) is 9.49. The molecule has 2 fully saturated rings. The zero-order valence-electron chi connectivity index (χ0n) is 28.0. The number of H-pyrrole nitrogens is 1. The number of rotatable bonds is 10. The van der Waals surface area contributed by atoms with E-state index < -0.39 is 0 Å². The van der Waals surface area contributed by atoms with Crippen molar-refractivity contribution in [2.45, 2.75) is 50.6 Å². The van der Waals surface area contributed by atoms with Crippen LogP contribution in [-0.2, 0) is 9.59 Å². The number of nitrogens with zero attached hydrogens (tertiary/aromatic N) is 5. The van der Waals surface area contributed by atoms with Gasteiger partial charge in [-0.05, 0) is 85.8 Å². The molecule has 0 aliphatic carbocycles. The number of aromatic nitrogens is 4. The highest BCUT2D eigenvalue weighted by Gasteiger charge is 2.32. The molecule has 0 bridgehead atoms. The molecule has 4 amide bonds. The lowest BCUT2D eigenvalue weighted by Gasteiger charge is -2.24.